The lowest BCUT2D eigenvalue weighted by Gasteiger charge is -2.33. The van der Waals surface area contributed by atoms with Crippen LogP contribution >= 0.6 is 0 Å². The summed E-state index contributed by atoms with van der Waals surface area (Å²) < 4.78 is 30.2. The van der Waals surface area contributed by atoms with Crippen molar-refractivity contribution < 1.29 is 17.9 Å². The Morgan fingerprint density at radius 1 is 1.15 bits per heavy atom. The molecule has 0 radical (unpaired) electrons. The van der Waals surface area contributed by atoms with Gasteiger partial charge in [-0.1, -0.05) is 0 Å². The van der Waals surface area contributed by atoms with Crippen molar-refractivity contribution in [3.63, 3.8) is 0 Å². The van der Waals surface area contributed by atoms with Crippen LogP contribution in [0.2, 0.25) is 0 Å². The number of pyridine rings is 1. The normalized spacial score (nSPS) is 16.4. The van der Waals surface area contributed by atoms with Crippen LogP contribution in [0.4, 0.5) is 16.4 Å². The number of benzene rings is 1. The smallest absolute Gasteiger partial charge is 0.316 e. The topological polar surface area (TPSA) is 153 Å². The molecule has 3 heterocycles. The van der Waals surface area contributed by atoms with Crippen molar-refractivity contribution in [2.24, 2.45) is 5.73 Å². The Hall–Kier alpha value is -3.64. The van der Waals surface area contributed by atoms with Gasteiger partial charge < -0.3 is 20.7 Å². The maximum Gasteiger partial charge on any atom is 0.316 e. The molecule has 0 aliphatic carbocycles. The first-order chi connectivity index (χ1) is 15.7. The van der Waals surface area contributed by atoms with Gasteiger partial charge in [0.05, 0.1) is 24.8 Å². The Kier molecular flexibility index (Phi) is 6.20. The Labute approximate surface area is 191 Å². The first kappa shape index (κ1) is 22.6. The minimum Gasteiger partial charge on any atom is -0.377 e. The molecule has 1 fully saturated rings. The number of nitrogens with one attached hydrogen (secondary N) is 1. The zero-order valence-corrected chi connectivity index (χ0v) is 18.9. The average Bonchev–Trinajstić information content (AvgIpc) is 2.78. The minimum atomic E-state index is -3.62. The largest absolute Gasteiger partial charge is 0.377 e. The van der Waals surface area contributed by atoms with E-state index in [1.54, 1.807) is 36.4 Å². The van der Waals surface area contributed by atoms with E-state index in [0.717, 1.165) is 6.26 Å². The van der Waals surface area contributed by atoms with Gasteiger partial charge in [-0.15, -0.1) is 0 Å². The average molecular weight is 470 g/mol. The maximum absolute atomic E-state index is 12.3. The van der Waals surface area contributed by atoms with Crippen molar-refractivity contribution in [3.05, 3.63) is 42.6 Å². The highest BCUT2D eigenvalue weighted by Crippen LogP contribution is 2.28. The molecule has 11 nitrogen and oxygen atoms in total. The number of urea groups is 1. The molecule has 1 saturated heterocycles. The standard InChI is InChI=1S/C21H23N7O4S/c1-13-12-32-11-10-28(13)21-26-17(14-5-7-15(8-6-14)24-20(22)29)25-18(27-21)16-4-3-9-23-19(16)33(2,30)31/h3-9,13H,10-12H2,1-2H3,(H3,22,24,29). The van der Waals surface area contributed by atoms with E-state index in [9.17, 15) is 13.2 Å². The number of anilines is 2. The van der Waals surface area contributed by atoms with Crippen molar-refractivity contribution in [1.82, 2.24) is 19.9 Å². The van der Waals surface area contributed by atoms with E-state index in [4.69, 9.17) is 10.5 Å². The molecule has 0 bridgehead atoms. The molecule has 2 aromatic heterocycles. The first-order valence-corrected chi connectivity index (χ1v) is 12.0. The summed E-state index contributed by atoms with van der Waals surface area (Å²) in [7, 11) is -3.62. The summed E-state index contributed by atoms with van der Waals surface area (Å²) in [6.45, 7) is 3.62. The number of primary amides is 1. The summed E-state index contributed by atoms with van der Waals surface area (Å²) in [5.74, 6) is 0.956. The van der Waals surface area contributed by atoms with Crippen molar-refractivity contribution in [2.75, 3.05) is 36.2 Å². The third-order valence-electron chi connectivity index (χ3n) is 5.02. The Balaban J connectivity index is 1.86. The van der Waals surface area contributed by atoms with Crippen LogP contribution in [0.5, 0.6) is 0 Å². The van der Waals surface area contributed by atoms with Gasteiger partial charge in [0.25, 0.3) is 0 Å². The number of carbonyl (C=O) groups excluding carboxylic acids is 1. The number of hydrogen-bond acceptors (Lipinski definition) is 9. The number of sulfone groups is 1. The van der Waals surface area contributed by atoms with E-state index in [1.807, 2.05) is 11.8 Å². The molecule has 1 aliphatic heterocycles. The molecule has 12 heteroatoms. The SMILES string of the molecule is CC1COCCN1c1nc(-c2ccc(NC(N)=O)cc2)nc(-c2cccnc2S(C)(=O)=O)n1. The van der Waals surface area contributed by atoms with Gasteiger partial charge in [0, 0.05) is 30.2 Å². The molecular weight excluding hydrogens is 446 g/mol. The van der Waals surface area contributed by atoms with Crippen LogP contribution in [0.25, 0.3) is 22.8 Å². The Morgan fingerprint density at radius 2 is 1.88 bits per heavy atom. The van der Waals surface area contributed by atoms with Crippen molar-refractivity contribution in [2.45, 2.75) is 18.0 Å². The lowest BCUT2D eigenvalue weighted by Crippen LogP contribution is -2.44. The van der Waals surface area contributed by atoms with Gasteiger partial charge >= 0.3 is 6.03 Å². The lowest BCUT2D eigenvalue weighted by atomic mass is 10.2. The van der Waals surface area contributed by atoms with Crippen LogP contribution in [0, 0.1) is 0 Å². The second kappa shape index (κ2) is 9.08. The maximum atomic E-state index is 12.3. The van der Waals surface area contributed by atoms with Gasteiger partial charge in [0.15, 0.2) is 26.5 Å². The zero-order chi connectivity index (χ0) is 23.6. The monoisotopic (exact) mass is 469 g/mol. The highest BCUT2D eigenvalue weighted by Gasteiger charge is 2.25. The molecule has 1 unspecified atom stereocenters. The first-order valence-electron chi connectivity index (χ1n) is 10.1. The van der Waals surface area contributed by atoms with Crippen molar-refractivity contribution in [1.29, 1.82) is 0 Å². The third kappa shape index (κ3) is 5.07. The number of amides is 2. The molecular formula is C21H23N7O4S. The molecule has 1 atom stereocenters. The van der Waals surface area contributed by atoms with Crippen molar-refractivity contribution in [3.8, 4) is 22.8 Å². The number of ether oxygens (including phenoxy) is 1. The van der Waals surface area contributed by atoms with Gasteiger partial charge in [0.2, 0.25) is 5.95 Å². The van der Waals surface area contributed by atoms with E-state index in [-0.39, 0.29) is 22.5 Å². The molecule has 33 heavy (non-hydrogen) atoms. The predicted molar refractivity (Wildman–Crippen MR) is 122 cm³/mol. The van der Waals surface area contributed by atoms with Crippen LogP contribution in [0.15, 0.2) is 47.6 Å². The number of nitrogens with two attached hydrogens (primary N) is 1. The second-order valence-corrected chi connectivity index (χ2v) is 9.53. The van der Waals surface area contributed by atoms with Crippen molar-refractivity contribution >= 4 is 27.5 Å². The van der Waals surface area contributed by atoms with Crippen LogP contribution in [0.3, 0.4) is 0 Å². The summed E-state index contributed by atoms with van der Waals surface area (Å²) in [6, 6.07) is 9.42. The van der Waals surface area contributed by atoms with Crippen LogP contribution in [-0.4, -0.2) is 66.4 Å². The van der Waals surface area contributed by atoms with Gasteiger partial charge in [-0.05, 0) is 43.3 Å². The molecule has 0 saturated carbocycles. The van der Waals surface area contributed by atoms with E-state index < -0.39 is 15.9 Å². The van der Waals surface area contributed by atoms with E-state index in [2.05, 4.69) is 25.3 Å². The summed E-state index contributed by atoms with van der Waals surface area (Å²) in [4.78, 5) is 31.0. The molecule has 3 N–H and O–H groups in total. The Morgan fingerprint density at radius 3 is 2.55 bits per heavy atom. The summed E-state index contributed by atoms with van der Waals surface area (Å²) in [5, 5.41) is 2.39. The molecule has 4 rings (SSSR count). The van der Waals surface area contributed by atoms with Gasteiger partial charge in [-0.3, -0.25) is 0 Å². The molecule has 1 aromatic carbocycles. The van der Waals surface area contributed by atoms with Gasteiger partial charge in [0.1, 0.15) is 0 Å². The predicted octanol–water partition coefficient (Wildman–Crippen LogP) is 1.72. The number of morpholine rings is 1. The number of nitrogens with zero attached hydrogens (tertiary/aromatic N) is 5. The fourth-order valence-electron chi connectivity index (χ4n) is 3.47. The highest BCUT2D eigenvalue weighted by atomic mass is 32.2. The highest BCUT2D eigenvalue weighted by molar-refractivity contribution is 7.90. The molecule has 3 aromatic rings. The third-order valence-corrected chi connectivity index (χ3v) is 6.05. The lowest BCUT2D eigenvalue weighted by molar-refractivity contribution is 0.0981. The number of rotatable bonds is 5. The van der Waals surface area contributed by atoms with E-state index in [1.165, 1.54) is 6.20 Å². The van der Waals surface area contributed by atoms with Gasteiger partial charge in [-0.25, -0.2) is 23.2 Å². The summed E-state index contributed by atoms with van der Waals surface area (Å²) >= 11 is 0. The quantitative estimate of drug-likeness (QED) is 0.568. The van der Waals surface area contributed by atoms with Gasteiger partial charge in [-0.2, -0.15) is 9.97 Å². The summed E-state index contributed by atoms with van der Waals surface area (Å²) in [5.41, 5.74) is 6.63. The summed E-state index contributed by atoms with van der Waals surface area (Å²) in [6.07, 6.45) is 2.51. The minimum absolute atomic E-state index is 0.0206. The molecule has 0 spiro atoms. The Bertz CT molecular complexity index is 1280. The van der Waals surface area contributed by atoms with E-state index in [0.29, 0.717) is 42.8 Å². The van der Waals surface area contributed by atoms with Crippen LogP contribution in [0.1, 0.15) is 6.92 Å². The molecule has 172 valence electrons. The van der Waals surface area contributed by atoms with Crippen LogP contribution in [-0.2, 0) is 14.6 Å². The van der Waals surface area contributed by atoms with E-state index >= 15 is 0 Å². The number of hydrogen-bond donors (Lipinski definition) is 2. The van der Waals surface area contributed by atoms with Crippen LogP contribution < -0.4 is 16.0 Å². The molecule has 1 aliphatic rings. The number of carbonyl (C=O) groups is 1. The fourth-order valence-corrected chi connectivity index (χ4v) is 4.28. The fraction of sp³-hybridized carbons (Fsp3) is 0.286. The second-order valence-electron chi connectivity index (χ2n) is 7.59. The zero-order valence-electron chi connectivity index (χ0n) is 18.1. The number of aromatic nitrogens is 4. The molecule has 2 amide bonds.